The van der Waals surface area contributed by atoms with Gasteiger partial charge in [-0.05, 0) is 67.9 Å². The highest BCUT2D eigenvalue weighted by Crippen LogP contribution is 2.34. The molecule has 0 saturated heterocycles. The van der Waals surface area contributed by atoms with Gasteiger partial charge in [-0.3, -0.25) is 14.4 Å². The first kappa shape index (κ1) is 26.6. The highest BCUT2D eigenvalue weighted by molar-refractivity contribution is 5.92. The average Bonchev–Trinajstić information content (AvgIpc) is 3.69. The topological polar surface area (TPSA) is 87.7 Å². The van der Waals surface area contributed by atoms with Gasteiger partial charge < -0.3 is 20.3 Å². The number of amides is 3. The van der Waals surface area contributed by atoms with Crippen molar-refractivity contribution in [2.45, 2.75) is 63.6 Å². The van der Waals surface area contributed by atoms with Crippen LogP contribution in [0.25, 0.3) is 0 Å². The molecule has 0 radical (unpaired) electrons. The summed E-state index contributed by atoms with van der Waals surface area (Å²) >= 11 is 0. The third kappa shape index (κ3) is 7.05. The van der Waals surface area contributed by atoms with Crippen LogP contribution in [0.2, 0.25) is 0 Å². The molecule has 0 bridgehead atoms. The van der Waals surface area contributed by atoms with E-state index in [1.165, 1.54) is 6.92 Å². The highest BCUT2D eigenvalue weighted by Gasteiger charge is 2.37. The van der Waals surface area contributed by atoms with Crippen LogP contribution in [0, 0.1) is 17.6 Å². The standard InChI is InChI=1S/C28H33F2N3O4/c1-17(31-26(34)14-19-12-21(29)15-22(30)13-19)27(35)32-24-4-3-5-25(20-8-10-23(37-2)11-9-20)33(28(24)36)16-18-6-7-18/h3,5,8,10,12-13,15,17-18,24-25H,4,6-7,9,11,14,16H2,1-2H3,(H,31,34)(H,32,35)/t17?,24-,25+/m1/s1. The summed E-state index contributed by atoms with van der Waals surface area (Å²) < 4.78 is 32.1. The predicted molar refractivity (Wildman–Crippen MR) is 134 cm³/mol. The molecule has 0 spiro atoms. The number of hydrogen-bond acceptors (Lipinski definition) is 4. The number of ether oxygens (including phenoxy) is 1. The van der Waals surface area contributed by atoms with Gasteiger partial charge in [-0.1, -0.05) is 18.2 Å². The zero-order valence-electron chi connectivity index (χ0n) is 21.1. The van der Waals surface area contributed by atoms with Crippen LogP contribution >= 0.6 is 0 Å². The number of halogens is 2. The second kappa shape index (κ2) is 11.7. The lowest BCUT2D eigenvalue weighted by atomic mass is 9.95. The maximum absolute atomic E-state index is 13.6. The SMILES string of the molecule is COC1=CC=C([C@@H]2C=CC[C@@H](NC(=O)C(C)NC(=O)Cc3cc(F)cc(F)c3)C(=O)N2CC2CC2)CC1. The Labute approximate surface area is 215 Å². The Morgan fingerprint density at radius 1 is 1.14 bits per heavy atom. The molecule has 2 aliphatic carbocycles. The molecular formula is C28H33F2N3O4. The van der Waals surface area contributed by atoms with Gasteiger partial charge in [0, 0.05) is 19.0 Å². The number of benzene rings is 1. The van der Waals surface area contributed by atoms with E-state index in [1.807, 2.05) is 29.2 Å². The molecule has 9 heteroatoms. The van der Waals surface area contributed by atoms with E-state index in [4.69, 9.17) is 4.74 Å². The van der Waals surface area contributed by atoms with E-state index in [-0.39, 0.29) is 23.9 Å². The monoisotopic (exact) mass is 513 g/mol. The molecule has 1 aromatic rings. The number of methoxy groups -OCH3 is 1. The summed E-state index contributed by atoms with van der Waals surface area (Å²) in [5, 5.41) is 5.34. The quantitative estimate of drug-likeness (QED) is 0.496. The van der Waals surface area contributed by atoms with Crippen LogP contribution in [0.1, 0.15) is 44.6 Å². The molecule has 0 aromatic heterocycles. The smallest absolute Gasteiger partial charge is 0.246 e. The van der Waals surface area contributed by atoms with E-state index in [0.717, 1.165) is 55.2 Å². The van der Waals surface area contributed by atoms with E-state index in [2.05, 4.69) is 10.6 Å². The Morgan fingerprint density at radius 3 is 2.49 bits per heavy atom. The van der Waals surface area contributed by atoms with Crippen molar-refractivity contribution in [3.8, 4) is 0 Å². The van der Waals surface area contributed by atoms with E-state index in [1.54, 1.807) is 7.11 Å². The molecule has 7 nitrogen and oxygen atoms in total. The summed E-state index contributed by atoms with van der Waals surface area (Å²) in [6.07, 6.45) is 11.7. The minimum atomic E-state index is -0.933. The van der Waals surface area contributed by atoms with Crippen molar-refractivity contribution in [1.82, 2.24) is 15.5 Å². The first-order valence-electron chi connectivity index (χ1n) is 12.7. The van der Waals surface area contributed by atoms with E-state index in [9.17, 15) is 23.2 Å². The number of carbonyl (C=O) groups excluding carboxylic acids is 3. The lowest BCUT2D eigenvalue weighted by Crippen LogP contribution is -2.55. The minimum absolute atomic E-state index is 0.147. The Bertz CT molecular complexity index is 1120. The summed E-state index contributed by atoms with van der Waals surface area (Å²) in [6, 6.07) is 1.01. The zero-order valence-corrected chi connectivity index (χ0v) is 21.1. The lowest BCUT2D eigenvalue weighted by molar-refractivity contribution is -0.137. The normalized spacial score (nSPS) is 22.5. The van der Waals surface area contributed by atoms with Gasteiger partial charge in [0.15, 0.2) is 0 Å². The Morgan fingerprint density at radius 2 is 1.86 bits per heavy atom. The van der Waals surface area contributed by atoms with E-state index < -0.39 is 35.5 Å². The van der Waals surface area contributed by atoms with Gasteiger partial charge in [0.2, 0.25) is 17.7 Å². The van der Waals surface area contributed by atoms with Crippen molar-refractivity contribution in [3.05, 3.63) is 71.0 Å². The van der Waals surface area contributed by atoms with Crippen LogP contribution in [-0.2, 0) is 25.5 Å². The van der Waals surface area contributed by atoms with Gasteiger partial charge in [0.05, 0.1) is 25.3 Å². The van der Waals surface area contributed by atoms with Crippen molar-refractivity contribution in [2.24, 2.45) is 5.92 Å². The Balaban J connectivity index is 1.39. The molecule has 1 unspecified atom stereocenters. The second-order valence-electron chi connectivity index (χ2n) is 9.93. The number of allylic oxidation sites excluding steroid dienone is 3. The summed E-state index contributed by atoms with van der Waals surface area (Å²) in [5.41, 5.74) is 1.30. The number of hydrogen-bond donors (Lipinski definition) is 2. The Hall–Kier alpha value is -3.49. The van der Waals surface area contributed by atoms with Crippen LogP contribution in [0.3, 0.4) is 0 Å². The van der Waals surface area contributed by atoms with Crippen LogP contribution in [0.5, 0.6) is 0 Å². The number of rotatable bonds is 9. The van der Waals surface area contributed by atoms with Crippen LogP contribution in [0.4, 0.5) is 8.78 Å². The van der Waals surface area contributed by atoms with Crippen molar-refractivity contribution in [1.29, 1.82) is 0 Å². The first-order valence-corrected chi connectivity index (χ1v) is 12.7. The molecule has 3 amide bonds. The molecule has 3 aliphatic rings. The molecular weight excluding hydrogens is 480 g/mol. The number of nitrogens with one attached hydrogen (secondary N) is 2. The summed E-state index contributed by atoms with van der Waals surface area (Å²) in [4.78, 5) is 40.7. The van der Waals surface area contributed by atoms with Gasteiger partial charge in [-0.25, -0.2) is 8.78 Å². The molecule has 37 heavy (non-hydrogen) atoms. The largest absolute Gasteiger partial charge is 0.501 e. The number of nitrogens with zero attached hydrogens (tertiary/aromatic N) is 1. The molecule has 1 saturated carbocycles. The molecule has 1 aliphatic heterocycles. The van der Waals surface area contributed by atoms with Gasteiger partial charge in [-0.2, -0.15) is 0 Å². The highest BCUT2D eigenvalue weighted by atomic mass is 19.1. The Kier molecular flexibility index (Phi) is 8.41. The van der Waals surface area contributed by atoms with Crippen LogP contribution in [-0.4, -0.2) is 54.4 Å². The second-order valence-corrected chi connectivity index (χ2v) is 9.93. The molecule has 198 valence electrons. The fourth-order valence-electron chi connectivity index (χ4n) is 4.72. The fourth-order valence-corrected chi connectivity index (χ4v) is 4.72. The molecule has 1 fully saturated rings. The lowest BCUT2D eigenvalue weighted by Gasteiger charge is -2.34. The summed E-state index contributed by atoms with van der Waals surface area (Å²) in [5.74, 6) is -1.38. The molecule has 3 atom stereocenters. The summed E-state index contributed by atoms with van der Waals surface area (Å²) in [6.45, 7) is 2.14. The van der Waals surface area contributed by atoms with E-state index >= 15 is 0 Å². The first-order chi connectivity index (χ1) is 17.7. The summed E-state index contributed by atoms with van der Waals surface area (Å²) in [7, 11) is 1.65. The van der Waals surface area contributed by atoms with Gasteiger partial charge >= 0.3 is 0 Å². The van der Waals surface area contributed by atoms with Crippen molar-refractivity contribution in [3.63, 3.8) is 0 Å². The van der Waals surface area contributed by atoms with Crippen molar-refractivity contribution < 1.29 is 27.9 Å². The predicted octanol–water partition coefficient (Wildman–Crippen LogP) is 3.31. The van der Waals surface area contributed by atoms with Gasteiger partial charge in [0.1, 0.15) is 23.7 Å². The van der Waals surface area contributed by atoms with Crippen LogP contribution in [0.15, 0.2) is 53.8 Å². The van der Waals surface area contributed by atoms with Crippen LogP contribution < -0.4 is 10.6 Å². The minimum Gasteiger partial charge on any atom is -0.501 e. The van der Waals surface area contributed by atoms with E-state index in [0.29, 0.717) is 18.9 Å². The van der Waals surface area contributed by atoms with Gasteiger partial charge in [0.25, 0.3) is 0 Å². The third-order valence-electron chi connectivity index (χ3n) is 6.92. The molecule has 1 aromatic carbocycles. The maximum Gasteiger partial charge on any atom is 0.246 e. The zero-order chi connectivity index (χ0) is 26.5. The number of carbonyl (C=O) groups is 3. The average molecular weight is 514 g/mol. The van der Waals surface area contributed by atoms with Crippen molar-refractivity contribution in [2.75, 3.05) is 13.7 Å². The fraction of sp³-hybridized carbons (Fsp3) is 0.464. The molecule has 1 heterocycles. The van der Waals surface area contributed by atoms with Gasteiger partial charge in [-0.15, -0.1) is 0 Å². The molecule has 4 rings (SSSR count). The molecule has 2 N–H and O–H groups in total. The third-order valence-corrected chi connectivity index (χ3v) is 6.92. The maximum atomic E-state index is 13.6. The van der Waals surface area contributed by atoms with Crippen molar-refractivity contribution >= 4 is 17.7 Å².